The number of amides is 2. The first kappa shape index (κ1) is 22.3. The number of likely N-dealkylation sites (tertiary alicyclic amines) is 1. The zero-order valence-corrected chi connectivity index (χ0v) is 18.5. The van der Waals surface area contributed by atoms with Crippen molar-refractivity contribution >= 4 is 17.8 Å². The van der Waals surface area contributed by atoms with Crippen molar-refractivity contribution in [3.63, 3.8) is 0 Å². The van der Waals surface area contributed by atoms with E-state index in [1.165, 1.54) is 0 Å². The minimum atomic E-state index is -0.406. The maximum Gasteiger partial charge on any atom is 0.340 e. The van der Waals surface area contributed by atoms with E-state index in [2.05, 4.69) is 4.98 Å². The molecule has 0 spiro atoms. The molecule has 0 unspecified atom stereocenters. The van der Waals surface area contributed by atoms with Gasteiger partial charge in [-0.15, -0.1) is 0 Å². The standard InChI is InChI=1S/C22H33N3O5/c1-5-30-22(28)18-15(3)19(23-16(18)4)21(27)24-8-6-17(7-9-24)14(2)20(26)25-10-12-29-13-11-25/h14,17,23H,5-13H2,1-4H3/t14-/m1/s1. The first-order chi connectivity index (χ1) is 14.3. The van der Waals surface area contributed by atoms with E-state index in [1.54, 1.807) is 20.8 Å². The van der Waals surface area contributed by atoms with Crippen LogP contribution in [0.1, 0.15) is 58.8 Å². The number of piperidine rings is 1. The number of ether oxygens (including phenoxy) is 2. The number of rotatable bonds is 5. The van der Waals surface area contributed by atoms with Crippen LogP contribution in [0.15, 0.2) is 0 Å². The third kappa shape index (κ3) is 4.53. The minimum Gasteiger partial charge on any atom is -0.462 e. The van der Waals surface area contributed by atoms with Gasteiger partial charge in [-0.1, -0.05) is 6.92 Å². The molecule has 8 nitrogen and oxygen atoms in total. The van der Waals surface area contributed by atoms with Crippen LogP contribution in [-0.2, 0) is 14.3 Å². The highest BCUT2D eigenvalue weighted by Gasteiger charge is 2.34. The van der Waals surface area contributed by atoms with Gasteiger partial charge >= 0.3 is 5.97 Å². The Hall–Kier alpha value is -2.35. The molecule has 0 saturated carbocycles. The van der Waals surface area contributed by atoms with Crippen molar-refractivity contribution in [3.05, 3.63) is 22.5 Å². The van der Waals surface area contributed by atoms with Crippen molar-refractivity contribution in [1.82, 2.24) is 14.8 Å². The average Bonchev–Trinajstić information content (AvgIpc) is 3.07. The van der Waals surface area contributed by atoms with Crippen LogP contribution in [0.5, 0.6) is 0 Å². The fourth-order valence-corrected chi connectivity index (χ4v) is 4.51. The molecule has 1 aromatic heterocycles. The lowest BCUT2D eigenvalue weighted by atomic mass is 9.84. The average molecular weight is 420 g/mol. The summed E-state index contributed by atoms with van der Waals surface area (Å²) in [6.07, 6.45) is 1.60. The second kappa shape index (κ2) is 9.64. The lowest BCUT2D eigenvalue weighted by molar-refractivity contribution is -0.141. The Kier molecular flexibility index (Phi) is 7.18. The molecule has 166 valence electrons. The molecule has 2 aliphatic rings. The van der Waals surface area contributed by atoms with Crippen molar-refractivity contribution < 1.29 is 23.9 Å². The Balaban J connectivity index is 1.61. The number of carbonyl (C=O) groups is 3. The predicted octanol–water partition coefficient (Wildman–Crippen LogP) is 2.16. The highest BCUT2D eigenvalue weighted by atomic mass is 16.5. The normalized spacial score (nSPS) is 18.9. The van der Waals surface area contributed by atoms with Gasteiger partial charge in [0, 0.05) is 37.8 Å². The quantitative estimate of drug-likeness (QED) is 0.739. The molecular weight excluding hydrogens is 386 g/mol. The zero-order valence-electron chi connectivity index (χ0n) is 18.5. The van der Waals surface area contributed by atoms with Gasteiger partial charge in [0.1, 0.15) is 5.69 Å². The summed E-state index contributed by atoms with van der Waals surface area (Å²) in [5.41, 5.74) is 2.18. The first-order valence-corrected chi connectivity index (χ1v) is 10.9. The fraction of sp³-hybridized carbons (Fsp3) is 0.682. The highest BCUT2D eigenvalue weighted by molar-refractivity contribution is 6.00. The molecule has 3 rings (SSSR count). The van der Waals surface area contributed by atoms with E-state index >= 15 is 0 Å². The first-order valence-electron chi connectivity index (χ1n) is 10.9. The van der Waals surface area contributed by atoms with Gasteiger partial charge in [-0.05, 0) is 45.1 Å². The maximum atomic E-state index is 13.1. The molecule has 8 heteroatoms. The van der Waals surface area contributed by atoms with Crippen molar-refractivity contribution in [1.29, 1.82) is 0 Å². The zero-order chi connectivity index (χ0) is 21.8. The van der Waals surface area contributed by atoms with Crippen molar-refractivity contribution in [2.24, 2.45) is 11.8 Å². The smallest absolute Gasteiger partial charge is 0.340 e. The number of esters is 1. The molecule has 0 radical (unpaired) electrons. The summed E-state index contributed by atoms with van der Waals surface area (Å²) >= 11 is 0. The summed E-state index contributed by atoms with van der Waals surface area (Å²) < 4.78 is 10.4. The van der Waals surface area contributed by atoms with E-state index in [1.807, 2.05) is 16.7 Å². The SMILES string of the molecule is CCOC(=O)c1c(C)[nH]c(C(=O)N2CCC([C@@H](C)C(=O)N3CCOCC3)CC2)c1C. The van der Waals surface area contributed by atoms with E-state index in [9.17, 15) is 14.4 Å². The van der Waals surface area contributed by atoms with Gasteiger partial charge < -0.3 is 24.3 Å². The molecule has 0 aliphatic carbocycles. The predicted molar refractivity (Wildman–Crippen MR) is 111 cm³/mol. The number of aromatic amines is 1. The number of aromatic nitrogens is 1. The van der Waals surface area contributed by atoms with Crippen LogP contribution in [0, 0.1) is 25.7 Å². The number of H-pyrrole nitrogens is 1. The third-order valence-electron chi connectivity index (χ3n) is 6.38. The van der Waals surface area contributed by atoms with Gasteiger partial charge in [0.15, 0.2) is 0 Å². The summed E-state index contributed by atoms with van der Waals surface area (Å²) in [7, 11) is 0. The third-order valence-corrected chi connectivity index (χ3v) is 6.38. The molecule has 1 N–H and O–H groups in total. The second-order valence-electron chi connectivity index (χ2n) is 8.20. The lowest BCUT2D eigenvalue weighted by Gasteiger charge is -2.37. The van der Waals surface area contributed by atoms with Gasteiger partial charge in [-0.25, -0.2) is 4.79 Å². The van der Waals surface area contributed by atoms with Crippen molar-refractivity contribution in [2.75, 3.05) is 46.0 Å². The Bertz CT molecular complexity index is 789. The van der Waals surface area contributed by atoms with Gasteiger partial charge in [-0.2, -0.15) is 0 Å². The number of aryl methyl sites for hydroxylation is 1. The monoisotopic (exact) mass is 419 g/mol. The number of hydrogen-bond donors (Lipinski definition) is 1. The van der Waals surface area contributed by atoms with Crippen molar-refractivity contribution in [2.45, 2.75) is 40.5 Å². The molecule has 0 bridgehead atoms. The van der Waals surface area contributed by atoms with E-state index in [-0.39, 0.29) is 23.7 Å². The number of carbonyl (C=O) groups excluding carboxylic acids is 3. The maximum absolute atomic E-state index is 13.1. The topological polar surface area (TPSA) is 91.9 Å². The molecule has 0 aromatic carbocycles. The summed E-state index contributed by atoms with van der Waals surface area (Å²) in [6.45, 7) is 11.4. The van der Waals surface area contributed by atoms with Gasteiger partial charge in [0.05, 0.1) is 25.4 Å². The molecule has 2 saturated heterocycles. The minimum absolute atomic E-state index is 0.0507. The van der Waals surface area contributed by atoms with Crippen LogP contribution in [0.25, 0.3) is 0 Å². The number of morpholine rings is 1. The number of nitrogens with zero attached hydrogens (tertiary/aromatic N) is 2. The van der Waals surface area contributed by atoms with Crippen LogP contribution in [0.3, 0.4) is 0 Å². The van der Waals surface area contributed by atoms with Crippen LogP contribution < -0.4 is 0 Å². The van der Waals surface area contributed by atoms with Crippen LogP contribution in [-0.4, -0.2) is 78.6 Å². The van der Waals surface area contributed by atoms with Crippen LogP contribution >= 0.6 is 0 Å². The lowest BCUT2D eigenvalue weighted by Crippen LogP contribution is -2.47. The fourth-order valence-electron chi connectivity index (χ4n) is 4.51. The molecular formula is C22H33N3O5. The van der Waals surface area contributed by atoms with E-state index in [0.29, 0.717) is 68.5 Å². The number of hydrogen-bond acceptors (Lipinski definition) is 5. The van der Waals surface area contributed by atoms with E-state index < -0.39 is 5.97 Å². The largest absolute Gasteiger partial charge is 0.462 e. The van der Waals surface area contributed by atoms with Crippen molar-refractivity contribution in [3.8, 4) is 0 Å². The number of nitrogens with one attached hydrogen (secondary N) is 1. The van der Waals surface area contributed by atoms with E-state index in [0.717, 1.165) is 12.8 Å². The summed E-state index contributed by atoms with van der Waals surface area (Å²) in [6, 6.07) is 0. The Labute approximate surface area is 177 Å². The van der Waals surface area contributed by atoms with Gasteiger partial charge in [0.25, 0.3) is 5.91 Å². The Morgan fingerprint density at radius 2 is 1.73 bits per heavy atom. The summed E-state index contributed by atoms with van der Waals surface area (Å²) in [5, 5.41) is 0. The van der Waals surface area contributed by atoms with E-state index in [4.69, 9.17) is 9.47 Å². The molecule has 2 amide bonds. The van der Waals surface area contributed by atoms with Crippen LogP contribution in [0.4, 0.5) is 0 Å². The molecule has 30 heavy (non-hydrogen) atoms. The molecule has 1 aromatic rings. The summed E-state index contributed by atoms with van der Waals surface area (Å²) in [5.74, 6) is -0.0945. The van der Waals surface area contributed by atoms with Gasteiger partial charge in [-0.3, -0.25) is 9.59 Å². The Morgan fingerprint density at radius 1 is 1.10 bits per heavy atom. The molecule has 2 fully saturated rings. The molecule has 1 atom stereocenters. The molecule has 3 heterocycles. The second-order valence-corrected chi connectivity index (χ2v) is 8.20. The summed E-state index contributed by atoms with van der Waals surface area (Å²) in [4.78, 5) is 44.8. The Morgan fingerprint density at radius 3 is 2.33 bits per heavy atom. The molecule has 2 aliphatic heterocycles. The van der Waals surface area contributed by atoms with Crippen LogP contribution in [0.2, 0.25) is 0 Å². The highest BCUT2D eigenvalue weighted by Crippen LogP contribution is 2.28. The van der Waals surface area contributed by atoms with Gasteiger partial charge in [0.2, 0.25) is 5.91 Å².